The molecule has 0 heterocycles. The maximum atomic E-state index is 13.4. The number of nitrogens with zero attached hydrogens (tertiary/aromatic N) is 1. The number of rotatable bonds is 7. The van der Waals surface area contributed by atoms with Crippen LogP contribution in [0.15, 0.2) is 48.5 Å². The number of ether oxygens (including phenoxy) is 1. The van der Waals surface area contributed by atoms with E-state index in [1.54, 1.807) is 18.2 Å². The molecule has 8 heteroatoms. The van der Waals surface area contributed by atoms with Gasteiger partial charge in [-0.1, -0.05) is 18.2 Å². The van der Waals surface area contributed by atoms with Gasteiger partial charge in [0, 0.05) is 18.7 Å². The van der Waals surface area contributed by atoms with Crippen molar-refractivity contribution >= 4 is 17.6 Å². The van der Waals surface area contributed by atoms with E-state index >= 15 is 0 Å². The second kappa shape index (κ2) is 8.53. The summed E-state index contributed by atoms with van der Waals surface area (Å²) in [5, 5.41) is 13.1. The summed E-state index contributed by atoms with van der Waals surface area (Å²) in [6.07, 6.45) is 0.314. The van der Waals surface area contributed by atoms with Crippen LogP contribution in [0.25, 0.3) is 0 Å². The first-order valence-electron chi connectivity index (χ1n) is 7.39. The van der Waals surface area contributed by atoms with Crippen LogP contribution in [0, 0.1) is 15.9 Å². The van der Waals surface area contributed by atoms with Gasteiger partial charge in [0.15, 0.2) is 6.61 Å². The van der Waals surface area contributed by atoms with E-state index in [2.05, 4.69) is 5.32 Å². The van der Waals surface area contributed by atoms with E-state index in [4.69, 9.17) is 4.74 Å². The van der Waals surface area contributed by atoms with Crippen LogP contribution >= 0.6 is 0 Å². The number of esters is 1. The average Bonchev–Trinajstić information content (AvgIpc) is 2.61. The summed E-state index contributed by atoms with van der Waals surface area (Å²) >= 11 is 0. The van der Waals surface area contributed by atoms with Crippen molar-refractivity contribution in [2.45, 2.75) is 6.42 Å². The molecule has 1 N–H and O–H groups in total. The van der Waals surface area contributed by atoms with Gasteiger partial charge in [-0.25, -0.2) is 9.18 Å². The summed E-state index contributed by atoms with van der Waals surface area (Å²) < 4.78 is 18.2. The zero-order valence-corrected chi connectivity index (χ0v) is 13.1. The molecule has 130 valence electrons. The lowest BCUT2D eigenvalue weighted by molar-refractivity contribution is -0.384. The third-order valence-corrected chi connectivity index (χ3v) is 3.32. The van der Waals surface area contributed by atoms with Crippen LogP contribution in [0.2, 0.25) is 0 Å². The third kappa shape index (κ3) is 5.38. The van der Waals surface area contributed by atoms with Gasteiger partial charge in [-0.15, -0.1) is 0 Å². The zero-order chi connectivity index (χ0) is 18.2. The van der Waals surface area contributed by atoms with Crippen LogP contribution in [0.1, 0.15) is 15.9 Å². The van der Waals surface area contributed by atoms with E-state index in [1.807, 2.05) is 0 Å². The molecule has 7 nitrogen and oxygen atoms in total. The Bertz CT molecular complexity index is 777. The molecule has 0 aliphatic rings. The van der Waals surface area contributed by atoms with Gasteiger partial charge in [-0.2, -0.15) is 0 Å². The first kappa shape index (κ1) is 18.1. The van der Waals surface area contributed by atoms with Crippen molar-refractivity contribution in [1.82, 2.24) is 5.32 Å². The van der Waals surface area contributed by atoms with Crippen molar-refractivity contribution in [3.8, 4) is 0 Å². The van der Waals surface area contributed by atoms with E-state index in [0.717, 1.165) is 0 Å². The van der Waals surface area contributed by atoms with E-state index in [1.165, 1.54) is 30.3 Å². The molecule has 0 atom stereocenters. The quantitative estimate of drug-likeness (QED) is 0.471. The Balaban J connectivity index is 1.74. The molecular weight excluding hydrogens is 331 g/mol. The summed E-state index contributed by atoms with van der Waals surface area (Å²) in [6.45, 7) is -0.290. The van der Waals surface area contributed by atoms with E-state index < -0.39 is 23.4 Å². The number of nitro benzene ring substituents is 1. The van der Waals surface area contributed by atoms with Crippen LogP contribution < -0.4 is 5.32 Å². The summed E-state index contributed by atoms with van der Waals surface area (Å²) in [6, 6.07) is 11.1. The van der Waals surface area contributed by atoms with Gasteiger partial charge in [0.05, 0.1) is 10.5 Å². The van der Waals surface area contributed by atoms with Gasteiger partial charge >= 0.3 is 5.97 Å². The number of benzene rings is 2. The van der Waals surface area contributed by atoms with Crippen molar-refractivity contribution in [2.24, 2.45) is 0 Å². The third-order valence-electron chi connectivity index (χ3n) is 3.32. The maximum absolute atomic E-state index is 13.4. The predicted octanol–water partition coefficient (Wildman–Crippen LogP) is 2.25. The molecule has 0 spiro atoms. The second-order valence-corrected chi connectivity index (χ2v) is 5.07. The van der Waals surface area contributed by atoms with Gasteiger partial charge in [0.1, 0.15) is 5.82 Å². The molecular formula is C17H15FN2O5. The topological polar surface area (TPSA) is 98.5 Å². The summed E-state index contributed by atoms with van der Waals surface area (Å²) in [5.74, 6) is -1.63. The maximum Gasteiger partial charge on any atom is 0.338 e. The molecule has 0 saturated heterocycles. The van der Waals surface area contributed by atoms with Crippen LogP contribution in [-0.4, -0.2) is 30.0 Å². The molecule has 0 bridgehead atoms. The first-order chi connectivity index (χ1) is 12.0. The fourth-order valence-electron chi connectivity index (χ4n) is 2.02. The normalized spacial score (nSPS) is 10.1. The number of hydrogen-bond acceptors (Lipinski definition) is 5. The molecule has 1 amide bonds. The van der Waals surface area contributed by atoms with E-state index in [9.17, 15) is 24.1 Å². The van der Waals surface area contributed by atoms with Crippen LogP contribution in [-0.2, 0) is 16.0 Å². The number of amides is 1. The van der Waals surface area contributed by atoms with Crippen LogP contribution in [0.5, 0.6) is 0 Å². The predicted molar refractivity (Wildman–Crippen MR) is 86.5 cm³/mol. The highest BCUT2D eigenvalue weighted by Gasteiger charge is 2.12. The summed E-state index contributed by atoms with van der Waals surface area (Å²) in [4.78, 5) is 33.3. The Kier molecular flexibility index (Phi) is 6.16. The summed E-state index contributed by atoms with van der Waals surface area (Å²) in [5.41, 5.74) is 0.429. The molecule has 0 aromatic heterocycles. The number of halogens is 1. The smallest absolute Gasteiger partial charge is 0.338 e. The Labute approximate surface area is 142 Å². The Morgan fingerprint density at radius 2 is 1.80 bits per heavy atom. The SMILES string of the molecule is O=C(COC(=O)c1ccc([N+](=O)[O-])cc1)NCCc1ccccc1F. The van der Waals surface area contributed by atoms with Crippen molar-refractivity contribution in [3.05, 3.63) is 75.6 Å². The lowest BCUT2D eigenvalue weighted by atomic mass is 10.1. The highest BCUT2D eigenvalue weighted by Crippen LogP contribution is 2.12. The molecule has 2 aromatic rings. The zero-order valence-electron chi connectivity index (χ0n) is 13.1. The molecule has 0 unspecified atom stereocenters. The fraction of sp³-hybridized carbons (Fsp3) is 0.176. The minimum absolute atomic E-state index is 0.102. The Morgan fingerprint density at radius 1 is 1.12 bits per heavy atom. The number of nitro groups is 1. The molecule has 2 rings (SSSR count). The molecule has 2 aromatic carbocycles. The highest BCUT2D eigenvalue weighted by molar-refractivity contribution is 5.91. The largest absolute Gasteiger partial charge is 0.452 e. The fourth-order valence-corrected chi connectivity index (χ4v) is 2.02. The molecule has 0 aliphatic heterocycles. The van der Waals surface area contributed by atoms with Crippen molar-refractivity contribution < 1.29 is 23.6 Å². The minimum Gasteiger partial charge on any atom is -0.452 e. The Morgan fingerprint density at radius 3 is 2.44 bits per heavy atom. The number of hydrogen-bond donors (Lipinski definition) is 1. The molecule has 25 heavy (non-hydrogen) atoms. The van der Waals surface area contributed by atoms with Gasteiger partial charge in [-0.3, -0.25) is 14.9 Å². The minimum atomic E-state index is -0.765. The standard InChI is InChI=1S/C17H15FN2O5/c18-15-4-2-1-3-12(15)9-10-19-16(21)11-25-17(22)13-5-7-14(8-6-13)20(23)24/h1-8H,9-11H2,(H,19,21). The van der Waals surface area contributed by atoms with Crippen LogP contribution in [0.4, 0.5) is 10.1 Å². The van der Waals surface area contributed by atoms with Gasteiger partial charge in [0.2, 0.25) is 0 Å². The van der Waals surface area contributed by atoms with Gasteiger partial charge in [-0.05, 0) is 30.2 Å². The number of carbonyl (C=O) groups is 2. The second-order valence-electron chi connectivity index (χ2n) is 5.07. The lowest BCUT2D eigenvalue weighted by Gasteiger charge is -2.07. The van der Waals surface area contributed by atoms with E-state index in [0.29, 0.717) is 12.0 Å². The van der Waals surface area contributed by atoms with Crippen molar-refractivity contribution in [3.63, 3.8) is 0 Å². The number of nitrogens with one attached hydrogen (secondary N) is 1. The lowest BCUT2D eigenvalue weighted by Crippen LogP contribution is -2.30. The molecule has 0 radical (unpaired) electrons. The van der Waals surface area contributed by atoms with E-state index in [-0.39, 0.29) is 23.6 Å². The van der Waals surface area contributed by atoms with Crippen molar-refractivity contribution in [2.75, 3.05) is 13.2 Å². The average molecular weight is 346 g/mol. The highest BCUT2D eigenvalue weighted by atomic mass is 19.1. The molecule has 0 fully saturated rings. The summed E-state index contributed by atoms with van der Waals surface area (Å²) in [7, 11) is 0. The monoisotopic (exact) mass is 346 g/mol. The molecule has 0 saturated carbocycles. The van der Waals surface area contributed by atoms with Crippen molar-refractivity contribution in [1.29, 1.82) is 0 Å². The van der Waals surface area contributed by atoms with Gasteiger partial charge < -0.3 is 10.1 Å². The first-order valence-corrected chi connectivity index (χ1v) is 7.39. The number of non-ortho nitro benzene ring substituents is 1. The van der Waals surface area contributed by atoms with Crippen LogP contribution in [0.3, 0.4) is 0 Å². The Hall–Kier alpha value is -3.29. The molecule has 0 aliphatic carbocycles. The van der Waals surface area contributed by atoms with Gasteiger partial charge in [0.25, 0.3) is 11.6 Å². The number of carbonyl (C=O) groups excluding carboxylic acids is 2.